The number of carbonyl (C=O) groups is 1. The van der Waals surface area contributed by atoms with Gasteiger partial charge in [-0.25, -0.2) is 0 Å². The van der Waals surface area contributed by atoms with E-state index in [1.807, 2.05) is 54.6 Å². The van der Waals surface area contributed by atoms with Crippen LogP contribution in [0.25, 0.3) is 0 Å². The first-order valence-electron chi connectivity index (χ1n) is 7.69. The fraction of sp³-hybridized carbons (Fsp3) is 0.0526. The zero-order chi connectivity index (χ0) is 17.4. The molecule has 2 aromatic carbocycles. The lowest BCUT2D eigenvalue weighted by Crippen LogP contribution is -2.32. The van der Waals surface area contributed by atoms with E-state index >= 15 is 0 Å². The lowest BCUT2D eigenvalue weighted by atomic mass is 10.1. The number of rotatable bonds is 3. The summed E-state index contributed by atoms with van der Waals surface area (Å²) in [4.78, 5) is 18.9. The third kappa shape index (κ3) is 2.96. The van der Waals surface area contributed by atoms with Crippen LogP contribution in [0.5, 0.6) is 0 Å². The van der Waals surface area contributed by atoms with E-state index in [0.29, 0.717) is 5.56 Å². The number of hydrogen-bond donors (Lipinski definition) is 1. The first-order chi connectivity index (χ1) is 12.1. The Morgan fingerprint density at radius 3 is 2.64 bits per heavy atom. The van der Waals surface area contributed by atoms with Crippen LogP contribution in [0, 0.1) is 0 Å². The van der Waals surface area contributed by atoms with Crippen LogP contribution >= 0.6 is 31.9 Å². The lowest BCUT2D eigenvalue weighted by molar-refractivity contribution is 0.0993. The molecular formula is C19H13Br2N3O. The molecule has 1 N–H and O–H groups in total. The van der Waals surface area contributed by atoms with Crippen LogP contribution in [0.3, 0.4) is 0 Å². The van der Waals surface area contributed by atoms with Gasteiger partial charge in [-0.2, -0.15) is 0 Å². The van der Waals surface area contributed by atoms with Gasteiger partial charge in [-0.15, -0.1) is 0 Å². The molecule has 6 heteroatoms. The van der Waals surface area contributed by atoms with Crippen LogP contribution < -0.4 is 10.2 Å². The molecule has 1 aromatic heterocycles. The molecular weight excluding hydrogens is 446 g/mol. The minimum Gasteiger partial charge on any atom is -0.360 e. The molecule has 0 radical (unpaired) electrons. The Morgan fingerprint density at radius 1 is 1.04 bits per heavy atom. The largest absolute Gasteiger partial charge is 0.360 e. The molecule has 1 unspecified atom stereocenters. The summed E-state index contributed by atoms with van der Waals surface area (Å²) in [6, 6.07) is 17.3. The number of amides is 1. The van der Waals surface area contributed by atoms with Gasteiger partial charge in [0.15, 0.2) is 0 Å². The van der Waals surface area contributed by atoms with E-state index in [-0.39, 0.29) is 12.1 Å². The van der Waals surface area contributed by atoms with Crippen molar-refractivity contribution >= 4 is 49.1 Å². The van der Waals surface area contributed by atoms with Gasteiger partial charge in [-0.3, -0.25) is 14.7 Å². The summed E-state index contributed by atoms with van der Waals surface area (Å²) < 4.78 is 1.90. The van der Waals surface area contributed by atoms with Gasteiger partial charge in [-0.05, 0) is 52.3 Å². The van der Waals surface area contributed by atoms with Gasteiger partial charge in [0, 0.05) is 26.3 Å². The van der Waals surface area contributed by atoms with Crippen LogP contribution in [0.4, 0.5) is 11.4 Å². The van der Waals surface area contributed by atoms with E-state index in [0.717, 1.165) is 25.9 Å². The monoisotopic (exact) mass is 457 g/mol. The summed E-state index contributed by atoms with van der Waals surface area (Å²) in [6.07, 6.45) is 3.10. The van der Waals surface area contributed by atoms with Crippen molar-refractivity contribution < 1.29 is 4.79 Å². The third-order valence-corrected chi connectivity index (χ3v) is 5.26. The van der Waals surface area contributed by atoms with Crippen LogP contribution in [0.15, 0.2) is 75.9 Å². The third-order valence-electron chi connectivity index (χ3n) is 4.11. The van der Waals surface area contributed by atoms with E-state index < -0.39 is 0 Å². The predicted molar refractivity (Wildman–Crippen MR) is 106 cm³/mol. The quantitative estimate of drug-likeness (QED) is 0.573. The maximum Gasteiger partial charge on any atom is 0.260 e. The molecule has 0 aliphatic carbocycles. The molecule has 3 aromatic rings. The molecule has 1 amide bonds. The Kier molecular flexibility index (Phi) is 4.31. The number of benzene rings is 2. The molecule has 4 rings (SSSR count). The Hall–Kier alpha value is -2.18. The minimum atomic E-state index is -0.301. The summed E-state index contributed by atoms with van der Waals surface area (Å²) in [5.74, 6) is -0.0330. The first kappa shape index (κ1) is 16.3. The van der Waals surface area contributed by atoms with Gasteiger partial charge in [0.2, 0.25) is 0 Å². The number of nitrogens with one attached hydrogen (secondary N) is 1. The second-order valence-corrected chi connectivity index (χ2v) is 7.41. The van der Waals surface area contributed by atoms with Gasteiger partial charge < -0.3 is 5.32 Å². The predicted octanol–water partition coefficient (Wildman–Crippen LogP) is 5.38. The van der Waals surface area contributed by atoms with E-state index in [4.69, 9.17) is 0 Å². The average molecular weight is 459 g/mol. The number of aromatic nitrogens is 1. The highest BCUT2D eigenvalue weighted by Gasteiger charge is 2.37. The number of hydrogen-bond acceptors (Lipinski definition) is 3. The maximum atomic E-state index is 13.0. The highest BCUT2D eigenvalue weighted by molar-refractivity contribution is 9.11. The molecule has 124 valence electrons. The molecule has 4 nitrogen and oxygen atoms in total. The maximum absolute atomic E-state index is 13.0. The average Bonchev–Trinajstić information content (AvgIpc) is 2.91. The molecule has 0 bridgehead atoms. The second-order valence-electron chi connectivity index (χ2n) is 5.64. The van der Waals surface area contributed by atoms with Crippen molar-refractivity contribution in [3.05, 3.63) is 87.1 Å². The summed E-state index contributed by atoms with van der Waals surface area (Å²) in [5, 5.41) is 3.48. The molecule has 0 saturated heterocycles. The highest BCUT2D eigenvalue weighted by Crippen LogP contribution is 2.39. The smallest absolute Gasteiger partial charge is 0.260 e. The van der Waals surface area contributed by atoms with Crippen LogP contribution in [0.1, 0.15) is 22.1 Å². The molecule has 1 aliphatic rings. The molecule has 0 fully saturated rings. The van der Waals surface area contributed by atoms with Gasteiger partial charge >= 0.3 is 0 Å². The lowest BCUT2D eigenvalue weighted by Gasteiger charge is -2.27. The SMILES string of the molecule is O=C1c2ccccc2C(Nc2ccc(Br)cc2Br)N1c1cccnc1. The Balaban J connectivity index is 1.80. The number of nitrogens with zero attached hydrogens (tertiary/aromatic N) is 2. The van der Waals surface area contributed by atoms with E-state index in [9.17, 15) is 4.79 Å². The van der Waals surface area contributed by atoms with Crippen LogP contribution in [0.2, 0.25) is 0 Å². The summed E-state index contributed by atoms with van der Waals surface area (Å²) in [5.41, 5.74) is 3.32. The fourth-order valence-electron chi connectivity index (χ4n) is 2.98. The van der Waals surface area contributed by atoms with Crippen molar-refractivity contribution in [2.45, 2.75) is 6.17 Å². The fourth-order valence-corrected chi connectivity index (χ4v) is 4.14. The topological polar surface area (TPSA) is 45.2 Å². The highest BCUT2D eigenvalue weighted by atomic mass is 79.9. The molecule has 1 atom stereocenters. The van der Waals surface area contributed by atoms with Gasteiger partial charge in [0.05, 0.1) is 17.6 Å². The van der Waals surface area contributed by atoms with Crippen molar-refractivity contribution in [1.82, 2.24) is 4.98 Å². The number of carbonyl (C=O) groups excluding carboxylic acids is 1. The standard InChI is InChI=1S/C19H13Br2N3O/c20-12-7-8-17(16(21)10-12)23-18-14-5-1-2-6-15(14)19(25)24(18)13-4-3-9-22-11-13/h1-11,18,23H. The van der Waals surface area contributed by atoms with Gasteiger partial charge in [0.25, 0.3) is 5.91 Å². The summed E-state index contributed by atoms with van der Waals surface area (Å²) in [7, 11) is 0. The normalized spacial score (nSPS) is 16.0. The van der Waals surface area contributed by atoms with Gasteiger partial charge in [0.1, 0.15) is 6.17 Å². The first-order valence-corrected chi connectivity index (χ1v) is 9.28. The minimum absolute atomic E-state index is 0.0330. The van der Waals surface area contributed by atoms with Crippen LogP contribution in [-0.2, 0) is 0 Å². The van der Waals surface area contributed by atoms with E-state index in [1.54, 1.807) is 17.3 Å². The number of pyridine rings is 1. The number of halogens is 2. The Labute approximate surface area is 162 Å². The number of fused-ring (bicyclic) bond motifs is 1. The van der Waals surface area contributed by atoms with Crippen LogP contribution in [-0.4, -0.2) is 10.9 Å². The summed E-state index contributed by atoms with van der Waals surface area (Å²) >= 11 is 7.04. The van der Waals surface area contributed by atoms with Crippen molar-refractivity contribution in [3.63, 3.8) is 0 Å². The van der Waals surface area contributed by atoms with Crippen molar-refractivity contribution in [2.24, 2.45) is 0 Å². The molecule has 25 heavy (non-hydrogen) atoms. The zero-order valence-corrected chi connectivity index (χ0v) is 16.2. The van der Waals surface area contributed by atoms with Gasteiger partial charge in [-0.1, -0.05) is 34.1 Å². The van der Waals surface area contributed by atoms with Crippen molar-refractivity contribution in [3.8, 4) is 0 Å². The molecule has 2 heterocycles. The zero-order valence-electron chi connectivity index (χ0n) is 13.0. The summed E-state index contributed by atoms with van der Waals surface area (Å²) in [6.45, 7) is 0. The van der Waals surface area contributed by atoms with Crippen molar-refractivity contribution in [1.29, 1.82) is 0 Å². The number of anilines is 2. The second kappa shape index (κ2) is 6.61. The molecule has 0 saturated carbocycles. The molecule has 0 spiro atoms. The van der Waals surface area contributed by atoms with E-state index in [2.05, 4.69) is 42.2 Å². The van der Waals surface area contributed by atoms with E-state index in [1.165, 1.54) is 0 Å². The molecule has 1 aliphatic heterocycles. The Bertz CT molecular complexity index is 946. The van der Waals surface area contributed by atoms with Crippen molar-refractivity contribution in [2.75, 3.05) is 10.2 Å². The Morgan fingerprint density at radius 2 is 1.88 bits per heavy atom.